The Hall–Kier alpha value is -0.610. The Morgan fingerprint density at radius 2 is 2.12 bits per heavy atom. The van der Waals surface area contributed by atoms with Gasteiger partial charge in [0.05, 0.1) is 10.2 Å². The maximum absolute atomic E-state index is 4.05. The molecule has 2 rings (SSSR count). The van der Waals surface area contributed by atoms with Crippen LogP contribution >= 0.6 is 15.9 Å². The van der Waals surface area contributed by atoms with Gasteiger partial charge in [-0.25, -0.2) is 0 Å². The van der Waals surface area contributed by atoms with E-state index in [1.54, 1.807) is 0 Å². The second-order valence-electron chi connectivity index (χ2n) is 4.18. The van der Waals surface area contributed by atoms with Crippen molar-refractivity contribution in [3.05, 3.63) is 22.9 Å². The van der Waals surface area contributed by atoms with Gasteiger partial charge in [0.15, 0.2) is 0 Å². The number of halogens is 1. The molecule has 1 aliphatic heterocycles. The average Bonchev–Trinajstić information content (AvgIpc) is 2.33. The molecule has 1 fully saturated rings. The SMILES string of the molecule is Brc1cnccc1NCCN1CCCCC1. The maximum Gasteiger partial charge on any atom is 0.0590 e. The molecule has 4 heteroatoms. The fraction of sp³-hybridized carbons (Fsp3) is 0.583. The molecular weight excluding hydrogens is 266 g/mol. The Labute approximate surface area is 105 Å². The van der Waals surface area contributed by atoms with Crippen LogP contribution < -0.4 is 5.32 Å². The van der Waals surface area contributed by atoms with Gasteiger partial charge in [-0.15, -0.1) is 0 Å². The van der Waals surface area contributed by atoms with Crippen LogP contribution in [0.5, 0.6) is 0 Å². The summed E-state index contributed by atoms with van der Waals surface area (Å²) in [6.07, 6.45) is 7.76. The highest BCUT2D eigenvalue weighted by molar-refractivity contribution is 9.10. The normalized spacial score (nSPS) is 17.3. The van der Waals surface area contributed by atoms with Gasteiger partial charge in [0.1, 0.15) is 0 Å². The lowest BCUT2D eigenvalue weighted by molar-refractivity contribution is 0.237. The van der Waals surface area contributed by atoms with E-state index < -0.39 is 0 Å². The van der Waals surface area contributed by atoms with Crippen LogP contribution in [0.25, 0.3) is 0 Å². The first-order valence-electron chi connectivity index (χ1n) is 5.92. The molecule has 3 nitrogen and oxygen atoms in total. The monoisotopic (exact) mass is 283 g/mol. The molecule has 0 unspecified atom stereocenters. The molecule has 0 radical (unpaired) electrons. The molecule has 88 valence electrons. The van der Waals surface area contributed by atoms with Gasteiger partial charge in [0.25, 0.3) is 0 Å². The topological polar surface area (TPSA) is 28.2 Å². The van der Waals surface area contributed by atoms with Crippen molar-refractivity contribution in [2.45, 2.75) is 19.3 Å². The van der Waals surface area contributed by atoms with Crippen molar-refractivity contribution in [2.75, 3.05) is 31.5 Å². The molecule has 0 aliphatic carbocycles. The summed E-state index contributed by atoms with van der Waals surface area (Å²) in [5.74, 6) is 0. The van der Waals surface area contributed by atoms with Gasteiger partial charge >= 0.3 is 0 Å². The van der Waals surface area contributed by atoms with Crippen LogP contribution in [-0.2, 0) is 0 Å². The number of nitrogens with zero attached hydrogens (tertiary/aromatic N) is 2. The summed E-state index contributed by atoms with van der Waals surface area (Å²) in [5, 5.41) is 3.43. The first kappa shape index (κ1) is 11.9. The standard InChI is InChI=1S/C12H18BrN3/c13-11-10-14-5-4-12(11)15-6-9-16-7-2-1-3-8-16/h4-5,10H,1-3,6-9H2,(H,14,15). The summed E-state index contributed by atoms with van der Waals surface area (Å²) in [6, 6.07) is 2.00. The Morgan fingerprint density at radius 1 is 1.31 bits per heavy atom. The number of piperidine rings is 1. The lowest BCUT2D eigenvalue weighted by atomic mass is 10.1. The third-order valence-electron chi connectivity index (χ3n) is 2.96. The molecule has 1 aromatic rings. The number of hydrogen-bond donors (Lipinski definition) is 1. The Kier molecular flexibility index (Phi) is 4.60. The quantitative estimate of drug-likeness (QED) is 0.921. The third kappa shape index (κ3) is 3.46. The van der Waals surface area contributed by atoms with Gasteiger partial charge in [-0.3, -0.25) is 4.98 Å². The fourth-order valence-corrected chi connectivity index (χ4v) is 2.44. The van der Waals surface area contributed by atoms with E-state index >= 15 is 0 Å². The van der Waals surface area contributed by atoms with E-state index in [1.807, 2.05) is 18.5 Å². The van der Waals surface area contributed by atoms with Crippen molar-refractivity contribution in [3.8, 4) is 0 Å². The van der Waals surface area contributed by atoms with E-state index in [0.29, 0.717) is 0 Å². The second-order valence-corrected chi connectivity index (χ2v) is 5.04. The van der Waals surface area contributed by atoms with Crippen LogP contribution in [0.4, 0.5) is 5.69 Å². The van der Waals surface area contributed by atoms with Crippen molar-refractivity contribution in [3.63, 3.8) is 0 Å². The number of pyridine rings is 1. The number of anilines is 1. The summed E-state index contributed by atoms with van der Waals surface area (Å²) >= 11 is 3.48. The van der Waals surface area contributed by atoms with Crippen LogP contribution in [0.1, 0.15) is 19.3 Å². The molecule has 1 saturated heterocycles. The Bertz CT molecular complexity index is 324. The van der Waals surface area contributed by atoms with E-state index in [9.17, 15) is 0 Å². The molecule has 0 atom stereocenters. The van der Waals surface area contributed by atoms with Gasteiger partial charge in [-0.1, -0.05) is 6.42 Å². The van der Waals surface area contributed by atoms with Crippen molar-refractivity contribution in [1.29, 1.82) is 0 Å². The molecular formula is C12H18BrN3. The second kappa shape index (κ2) is 6.21. The van der Waals surface area contributed by atoms with E-state index in [2.05, 4.69) is 31.1 Å². The smallest absolute Gasteiger partial charge is 0.0590 e. The Balaban J connectivity index is 1.73. The lowest BCUT2D eigenvalue weighted by Gasteiger charge is -2.26. The lowest BCUT2D eigenvalue weighted by Crippen LogP contribution is -2.33. The molecule has 2 heterocycles. The highest BCUT2D eigenvalue weighted by Crippen LogP contribution is 2.19. The minimum Gasteiger partial charge on any atom is -0.383 e. The number of rotatable bonds is 4. The molecule has 1 aromatic heterocycles. The van der Waals surface area contributed by atoms with Crippen LogP contribution in [0.15, 0.2) is 22.9 Å². The average molecular weight is 284 g/mol. The first-order chi connectivity index (χ1) is 7.86. The van der Waals surface area contributed by atoms with Gasteiger partial charge in [0.2, 0.25) is 0 Å². The summed E-state index contributed by atoms with van der Waals surface area (Å²) in [7, 11) is 0. The molecule has 0 aromatic carbocycles. The molecule has 0 spiro atoms. The number of likely N-dealkylation sites (tertiary alicyclic amines) is 1. The summed E-state index contributed by atoms with van der Waals surface area (Å²) in [5.41, 5.74) is 1.13. The molecule has 0 amide bonds. The molecule has 16 heavy (non-hydrogen) atoms. The number of hydrogen-bond acceptors (Lipinski definition) is 3. The van der Waals surface area contributed by atoms with E-state index in [1.165, 1.54) is 32.4 Å². The molecule has 0 saturated carbocycles. The van der Waals surface area contributed by atoms with Crippen LogP contribution in [0.3, 0.4) is 0 Å². The molecule has 1 aliphatic rings. The minimum absolute atomic E-state index is 1.00. The van der Waals surface area contributed by atoms with Crippen molar-refractivity contribution >= 4 is 21.6 Å². The zero-order chi connectivity index (χ0) is 11.2. The fourth-order valence-electron chi connectivity index (χ4n) is 2.05. The molecule has 0 bridgehead atoms. The third-order valence-corrected chi connectivity index (χ3v) is 3.60. The predicted molar refractivity (Wildman–Crippen MR) is 70.7 cm³/mol. The van der Waals surface area contributed by atoms with Crippen molar-refractivity contribution in [1.82, 2.24) is 9.88 Å². The zero-order valence-electron chi connectivity index (χ0n) is 9.45. The van der Waals surface area contributed by atoms with Crippen LogP contribution in [0.2, 0.25) is 0 Å². The molecule has 1 N–H and O–H groups in total. The van der Waals surface area contributed by atoms with Crippen molar-refractivity contribution < 1.29 is 0 Å². The first-order valence-corrected chi connectivity index (χ1v) is 6.71. The number of aromatic nitrogens is 1. The highest BCUT2D eigenvalue weighted by Gasteiger charge is 2.09. The van der Waals surface area contributed by atoms with Gasteiger partial charge in [0, 0.05) is 25.5 Å². The van der Waals surface area contributed by atoms with Gasteiger partial charge in [-0.2, -0.15) is 0 Å². The largest absolute Gasteiger partial charge is 0.383 e. The maximum atomic E-state index is 4.05. The predicted octanol–water partition coefficient (Wildman–Crippen LogP) is 2.74. The highest BCUT2D eigenvalue weighted by atomic mass is 79.9. The Morgan fingerprint density at radius 3 is 2.88 bits per heavy atom. The zero-order valence-corrected chi connectivity index (χ0v) is 11.0. The van der Waals surface area contributed by atoms with E-state index in [0.717, 1.165) is 23.2 Å². The van der Waals surface area contributed by atoms with Crippen LogP contribution in [-0.4, -0.2) is 36.1 Å². The van der Waals surface area contributed by atoms with E-state index in [4.69, 9.17) is 0 Å². The number of nitrogens with one attached hydrogen (secondary N) is 1. The van der Waals surface area contributed by atoms with E-state index in [-0.39, 0.29) is 0 Å². The van der Waals surface area contributed by atoms with Gasteiger partial charge in [-0.05, 0) is 47.9 Å². The summed E-state index contributed by atoms with van der Waals surface area (Å²) in [4.78, 5) is 6.58. The summed E-state index contributed by atoms with van der Waals surface area (Å²) in [6.45, 7) is 4.66. The van der Waals surface area contributed by atoms with Gasteiger partial charge < -0.3 is 10.2 Å². The minimum atomic E-state index is 1.00. The summed E-state index contributed by atoms with van der Waals surface area (Å²) < 4.78 is 1.04. The van der Waals surface area contributed by atoms with Crippen LogP contribution in [0, 0.1) is 0 Å². The van der Waals surface area contributed by atoms with Crippen molar-refractivity contribution in [2.24, 2.45) is 0 Å².